The summed E-state index contributed by atoms with van der Waals surface area (Å²) in [6, 6.07) is 19.1. The highest BCUT2D eigenvalue weighted by Gasteiger charge is 2.30. The van der Waals surface area contributed by atoms with Crippen LogP contribution in [0.4, 0.5) is 0 Å². The SMILES string of the molecule is CCc1ccc(C(Cl)C(C)(C)c2ccccc2)cc1. The Kier molecular flexibility index (Phi) is 4.31. The lowest BCUT2D eigenvalue weighted by molar-refractivity contribution is 0.504. The Bertz CT molecular complexity index is 511. The highest BCUT2D eigenvalue weighted by atomic mass is 35.5. The van der Waals surface area contributed by atoms with Crippen LogP contribution in [0.1, 0.15) is 42.8 Å². The molecule has 2 aromatic carbocycles. The number of hydrogen-bond donors (Lipinski definition) is 0. The molecule has 0 heterocycles. The fourth-order valence-electron chi connectivity index (χ4n) is 2.35. The van der Waals surface area contributed by atoms with E-state index in [4.69, 9.17) is 11.6 Å². The molecule has 1 heteroatoms. The van der Waals surface area contributed by atoms with Crippen molar-refractivity contribution in [3.8, 4) is 0 Å². The maximum atomic E-state index is 6.73. The smallest absolute Gasteiger partial charge is 0.0676 e. The van der Waals surface area contributed by atoms with Gasteiger partial charge in [-0.25, -0.2) is 0 Å². The fraction of sp³-hybridized carbons (Fsp3) is 0.333. The van der Waals surface area contributed by atoms with Crippen LogP contribution in [0.3, 0.4) is 0 Å². The fourth-order valence-corrected chi connectivity index (χ4v) is 2.62. The summed E-state index contributed by atoms with van der Waals surface area (Å²) in [5, 5.41) is -0.0270. The van der Waals surface area contributed by atoms with Crippen molar-refractivity contribution in [2.75, 3.05) is 0 Å². The summed E-state index contributed by atoms with van der Waals surface area (Å²) < 4.78 is 0. The lowest BCUT2D eigenvalue weighted by Crippen LogP contribution is -2.23. The van der Waals surface area contributed by atoms with Crippen molar-refractivity contribution in [2.45, 2.75) is 38.0 Å². The quantitative estimate of drug-likeness (QED) is 0.644. The van der Waals surface area contributed by atoms with Gasteiger partial charge in [0.15, 0.2) is 0 Å². The molecule has 0 aliphatic rings. The minimum Gasteiger partial charge on any atom is -0.117 e. The summed E-state index contributed by atoms with van der Waals surface area (Å²) in [5.41, 5.74) is 3.73. The standard InChI is InChI=1S/C18H21Cl/c1-4-14-10-12-15(13-11-14)17(19)18(2,3)16-8-6-5-7-9-16/h5-13,17H,4H2,1-3H3. The second kappa shape index (κ2) is 5.79. The minimum atomic E-state index is -0.0868. The molecular weight excluding hydrogens is 252 g/mol. The number of hydrogen-bond acceptors (Lipinski definition) is 0. The zero-order valence-electron chi connectivity index (χ0n) is 11.9. The number of halogens is 1. The van der Waals surface area contributed by atoms with Crippen molar-refractivity contribution < 1.29 is 0 Å². The largest absolute Gasteiger partial charge is 0.117 e. The van der Waals surface area contributed by atoms with Gasteiger partial charge in [-0.2, -0.15) is 0 Å². The first-order chi connectivity index (χ1) is 9.05. The Morgan fingerprint density at radius 1 is 0.947 bits per heavy atom. The number of benzene rings is 2. The summed E-state index contributed by atoms with van der Waals surface area (Å²) in [5.74, 6) is 0. The third-order valence-electron chi connectivity index (χ3n) is 3.83. The summed E-state index contributed by atoms with van der Waals surface area (Å²) in [6.07, 6.45) is 1.06. The van der Waals surface area contributed by atoms with Gasteiger partial charge in [0, 0.05) is 5.41 Å². The van der Waals surface area contributed by atoms with Gasteiger partial charge in [0.25, 0.3) is 0 Å². The second-order valence-corrected chi connectivity index (χ2v) is 5.98. The molecule has 1 atom stereocenters. The molecule has 1 unspecified atom stereocenters. The van der Waals surface area contributed by atoms with Crippen molar-refractivity contribution in [1.82, 2.24) is 0 Å². The molecule has 100 valence electrons. The molecule has 0 N–H and O–H groups in total. The maximum Gasteiger partial charge on any atom is 0.0676 e. The van der Waals surface area contributed by atoms with Gasteiger partial charge in [-0.15, -0.1) is 11.6 Å². The Morgan fingerprint density at radius 3 is 2.05 bits per heavy atom. The molecule has 0 amide bonds. The van der Waals surface area contributed by atoms with E-state index in [2.05, 4.69) is 69.3 Å². The molecular formula is C18H21Cl. The van der Waals surface area contributed by atoms with Crippen LogP contribution in [-0.2, 0) is 11.8 Å². The Hall–Kier alpha value is -1.27. The first kappa shape index (κ1) is 14.1. The first-order valence-corrected chi connectivity index (χ1v) is 7.27. The van der Waals surface area contributed by atoms with Crippen molar-refractivity contribution >= 4 is 11.6 Å². The highest BCUT2D eigenvalue weighted by Crippen LogP contribution is 2.41. The molecule has 0 saturated heterocycles. The van der Waals surface area contributed by atoms with Crippen LogP contribution in [0.25, 0.3) is 0 Å². The topological polar surface area (TPSA) is 0 Å². The van der Waals surface area contributed by atoms with Crippen molar-refractivity contribution in [2.24, 2.45) is 0 Å². The van der Waals surface area contributed by atoms with E-state index in [0.29, 0.717) is 0 Å². The number of aryl methyl sites for hydroxylation is 1. The van der Waals surface area contributed by atoms with E-state index in [1.165, 1.54) is 16.7 Å². The van der Waals surface area contributed by atoms with Gasteiger partial charge in [0.2, 0.25) is 0 Å². The summed E-state index contributed by atoms with van der Waals surface area (Å²) in [4.78, 5) is 0. The number of rotatable bonds is 4. The van der Waals surface area contributed by atoms with Crippen LogP contribution in [0.2, 0.25) is 0 Å². The molecule has 0 aliphatic heterocycles. The average Bonchev–Trinajstić information content (AvgIpc) is 2.47. The van der Waals surface area contributed by atoms with Crippen LogP contribution >= 0.6 is 11.6 Å². The molecule has 0 fully saturated rings. The first-order valence-electron chi connectivity index (χ1n) is 6.84. The Balaban J connectivity index is 2.29. The monoisotopic (exact) mass is 272 g/mol. The van der Waals surface area contributed by atoms with E-state index in [1.54, 1.807) is 0 Å². The summed E-state index contributed by atoms with van der Waals surface area (Å²) >= 11 is 6.73. The van der Waals surface area contributed by atoms with Gasteiger partial charge in [0.1, 0.15) is 0 Å². The third-order valence-corrected chi connectivity index (χ3v) is 4.63. The van der Waals surface area contributed by atoms with Gasteiger partial charge in [-0.1, -0.05) is 75.4 Å². The molecule has 0 aromatic heterocycles. The zero-order valence-corrected chi connectivity index (χ0v) is 12.6. The Morgan fingerprint density at radius 2 is 1.53 bits per heavy atom. The number of alkyl halides is 1. The van der Waals surface area contributed by atoms with Crippen LogP contribution in [0, 0.1) is 0 Å². The van der Waals surface area contributed by atoms with E-state index in [0.717, 1.165) is 6.42 Å². The second-order valence-electron chi connectivity index (χ2n) is 5.55. The van der Waals surface area contributed by atoms with Gasteiger partial charge in [-0.05, 0) is 23.1 Å². The minimum absolute atomic E-state index is 0.0270. The maximum absolute atomic E-state index is 6.73. The predicted octanol–water partition coefficient (Wildman–Crippen LogP) is 5.51. The lowest BCUT2D eigenvalue weighted by Gasteiger charge is -2.31. The van der Waals surface area contributed by atoms with Gasteiger partial charge in [0.05, 0.1) is 5.38 Å². The van der Waals surface area contributed by atoms with Crippen LogP contribution in [-0.4, -0.2) is 0 Å². The molecule has 0 nitrogen and oxygen atoms in total. The molecule has 0 aliphatic carbocycles. The average molecular weight is 273 g/mol. The van der Waals surface area contributed by atoms with Gasteiger partial charge < -0.3 is 0 Å². The summed E-state index contributed by atoms with van der Waals surface area (Å²) in [7, 11) is 0. The molecule has 2 rings (SSSR count). The van der Waals surface area contributed by atoms with E-state index in [1.807, 2.05) is 6.07 Å². The molecule has 0 spiro atoms. The zero-order chi connectivity index (χ0) is 13.9. The predicted molar refractivity (Wildman–Crippen MR) is 83.9 cm³/mol. The molecule has 0 bridgehead atoms. The van der Waals surface area contributed by atoms with E-state index in [9.17, 15) is 0 Å². The molecule has 0 radical (unpaired) electrons. The van der Waals surface area contributed by atoms with Gasteiger partial charge in [-0.3, -0.25) is 0 Å². The highest BCUT2D eigenvalue weighted by molar-refractivity contribution is 6.21. The molecule has 19 heavy (non-hydrogen) atoms. The molecule has 0 saturated carbocycles. The molecule has 2 aromatic rings. The van der Waals surface area contributed by atoms with E-state index < -0.39 is 0 Å². The van der Waals surface area contributed by atoms with Crippen LogP contribution in [0.5, 0.6) is 0 Å². The third kappa shape index (κ3) is 3.01. The summed E-state index contributed by atoms with van der Waals surface area (Å²) in [6.45, 7) is 6.57. The van der Waals surface area contributed by atoms with Crippen LogP contribution < -0.4 is 0 Å². The van der Waals surface area contributed by atoms with Gasteiger partial charge >= 0.3 is 0 Å². The van der Waals surface area contributed by atoms with Crippen LogP contribution in [0.15, 0.2) is 54.6 Å². The van der Waals surface area contributed by atoms with Crippen molar-refractivity contribution in [3.05, 3.63) is 71.3 Å². The lowest BCUT2D eigenvalue weighted by atomic mass is 9.78. The normalized spacial score (nSPS) is 13.3. The van der Waals surface area contributed by atoms with E-state index in [-0.39, 0.29) is 10.8 Å². The Labute approximate surface area is 121 Å². The van der Waals surface area contributed by atoms with Crippen molar-refractivity contribution in [1.29, 1.82) is 0 Å². The van der Waals surface area contributed by atoms with E-state index >= 15 is 0 Å². The van der Waals surface area contributed by atoms with Crippen molar-refractivity contribution in [3.63, 3.8) is 0 Å².